The van der Waals surface area contributed by atoms with E-state index in [9.17, 15) is 0 Å². The van der Waals surface area contributed by atoms with E-state index in [1.165, 1.54) is 10.4 Å². The van der Waals surface area contributed by atoms with Gasteiger partial charge in [0.15, 0.2) is 0 Å². The maximum atomic E-state index is 6.12. The fraction of sp³-hybridized carbons (Fsp3) is 0.375. The summed E-state index contributed by atoms with van der Waals surface area (Å²) in [6.45, 7) is 8.39. The molecule has 0 aliphatic heterocycles. The maximum absolute atomic E-state index is 6.12. The van der Waals surface area contributed by atoms with E-state index in [-0.39, 0.29) is 6.04 Å². The molecule has 0 saturated carbocycles. The third-order valence-corrected chi connectivity index (χ3v) is 5.23. The summed E-state index contributed by atoms with van der Waals surface area (Å²) in [5.41, 5.74) is 4.45. The summed E-state index contributed by atoms with van der Waals surface area (Å²) in [4.78, 5) is 10.5. The Morgan fingerprint density at radius 2 is 2.00 bits per heavy atom. The Morgan fingerprint density at radius 3 is 2.62 bits per heavy atom. The third kappa shape index (κ3) is 2.47. The SMILES string of the molecule is Cc1ccc2c(c1)nc(CCl)n2C(C)c1sc(C)nc1C. The Labute approximate surface area is 133 Å². The van der Waals surface area contributed by atoms with Crippen molar-refractivity contribution >= 4 is 34.0 Å². The monoisotopic (exact) mass is 319 g/mol. The predicted octanol–water partition coefficient (Wildman–Crippen LogP) is 4.77. The van der Waals surface area contributed by atoms with Crippen LogP contribution < -0.4 is 0 Å². The molecule has 3 aromatic rings. The first-order valence-corrected chi connectivity index (χ1v) is 8.33. The fourth-order valence-corrected chi connectivity index (χ4v) is 4.00. The molecule has 0 fully saturated rings. The summed E-state index contributed by atoms with van der Waals surface area (Å²) in [6, 6.07) is 6.56. The van der Waals surface area contributed by atoms with Gasteiger partial charge in [-0.15, -0.1) is 22.9 Å². The van der Waals surface area contributed by atoms with E-state index in [0.717, 1.165) is 27.6 Å². The summed E-state index contributed by atoms with van der Waals surface area (Å²) < 4.78 is 2.24. The number of thiazole rings is 1. The van der Waals surface area contributed by atoms with E-state index in [1.54, 1.807) is 11.3 Å². The molecular weight excluding hydrogens is 302 g/mol. The molecule has 0 saturated heterocycles. The average Bonchev–Trinajstić information content (AvgIpc) is 2.97. The summed E-state index contributed by atoms with van der Waals surface area (Å²) in [6.07, 6.45) is 0. The second-order valence-electron chi connectivity index (χ2n) is 5.38. The van der Waals surface area contributed by atoms with Crippen LogP contribution in [0.4, 0.5) is 0 Å². The molecule has 3 nitrogen and oxygen atoms in total. The first-order valence-electron chi connectivity index (χ1n) is 6.98. The van der Waals surface area contributed by atoms with Crippen LogP contribution in [0.25, 0.3) is 11.0 Å². The van der Waals surface area contributed by atoms with Gasteiger partial charge in [0, 0.05) is 0 Å². The number of aromatic nitrogens is 3. The molecule has 2 heterocycles. The number of aryl methyl sites for hydroxylation is 3. The molecule has 1 aromatic carbocycles. The zero-order chi connectivity index (χ0) is 15.1. The first kappa shape index (κ1) is 14.5. The van der Waals surface area contributed by atoms with E-state index in [1.807, 2.05) is 6.92 Å². The van der Waals surface area contributed by atoms with Gasteiger partial charge >= 0.3 is 0 Å². The van der Waals surface area contributed by atoms with E-state index < -0.39 is 0 Å². The van der Waals surface area contributed by atoms with Crippen LogP contribution in [0, 0.1) is 20.8 Å². The lowest BCUT2D eigenvalue weighted by Gasteiger charge is -2.16. The fourth-order valence-electron chi connectivity index (χ4n) is 2.84. The molecule has 0 aliphatic rings. The van der Waals surface area contributed by atoms with Gasteiger partial charge in [-0.05, 0) is 45.4 Å². The molecule has 0 aliphatic carbocycles. The van der Waals surface area contributed by atoms with Gasteiger partial charge in [-0.1, -0.05) is 6.07 Å². The molecule has 110 valence electrons. The van der Waals surface area contributed by atoms with Crippen molar-refractivity contribution in [2.24, 2.45) is 0 Å². The van der Waals surface area contributed by atoms with E-state index >= 15 is 0 Å². The van der Waals surface area contributed by atoms with E-state index in [0.29, 0.717) is 5.88 Å². The Balaban J connectivity index is 2.20. The minimum absolute atomic E-state index is 0.192. The number of hydrogen-bond acceptors (Lipinski definition) is 3. The molecule has 0 bridgehead atoms. The van der Waals surface area contributed by atoms with Crippen LogP contribution in [-0.2, 0) is 5.88 Å². The number of benzene rings is 1. The van der Waals surface area contributed by atoms with Crippen LogP contribution in [-0.4, -0.2) is 14.5 Å². The van der Waals surface area contributed by atoms with Crippen molar-refractivity contribution < 1.29 is 0 Å². The number of rotatable bonds is 3. The number of fused-ring (bicyclic) bond motifs is 1. The zero-order valence-corrected chi connectivity index (χ0v) is 14.2. The largest absolute Gasteiger partial charge is 0.319 e. The molecule has 1 unspecified atom stereocenters. The third-order valence-electron chi connectivity index (χ3n) is 3.74. The number of hydrogen-bond donors (Lipinski definition) is 0. The highest BCUT2D eigenvalue weighted by molar-refractivity contribution is 7.11. The van der Waals surface area contributed by atoms with Crippen LogP contribution in [0.2, 0.25) is 0 Å². The molecule has 0 amide bonds. The van der Waals surface area contributed by atoms with Crippen molar-refractivity contribution in [1.82, 2.24) is 14.5 Å². The van der Waals surface area contributed by atoms with Crippen LogP contribution in [0.3, 0.4) is 0 Å². The summed E-state index contributed by atoms with van der Waals surface area (Å²) in [7, 11) is 0. The summed E-state index contributed by atoms with van der Waals surface area (Å²) >= 11 is 7.87. The molecule has 21 heavy (non-hydrogen) atoms. The van der Waals surface area contributed by atoms with Crippen LogP contribution in [0.5, 0.6) is 0 Å². The lowest BCUT2D eigenvalue weighted by Crippen LogP contribution is -2.09. The number of halogens is 1. The van der Waals surface area contributed by atoms with Gasteiger partial charge in [0.05, 0.1) is 38.5 Å². The first-order chi connectivity index (χ1) is 10.0. The molecule has 0 radical (unpaired) electrons. The number of nitrogens with zero attached hydrogens (tertiary/aromatic N) is 3. The van der Waals surface area contributed by atoms with Crippen LogP contribution in [0.15, 0.2) is 18.2 Å². The lowest BCUT2D eigenvalue weighted by atomic mass is 10.2. The van der Waals surface area contributed by atoms with Gasteiger partial charge in [-0.3, -0.25) is 0 Å². The van der Waals surface area contributed by atoms with Crippen molar-refractivity contribution in [3.8, 4) is 0 Å². The van der Waals surface area contributed by atoms with Gasteiger partial charge in [0.2, 0.25) is 0 Å². The van der Waals surface area contributed by atoms with Crippen molar-refractivity contribution in [2.45, 2.75) is 39.6 Å². The summed E-state index contributed by atoms with van der Waals surface area (Å²) in [5.74, 6) is 1.32. The highest BCUT2D eigenvalue weighted by atomic mass is 35.5. The molecule has 5 heteroatoms. The minimum atomic E-state index is 0.192. The number of imidazole rings is 1. The van der Waals surface area contributed by atoms with Crippen molar-refractivity contribution in [3.05, 3.63) is 45.2 Å². The summed E-state index contributed by atoms with van der Waals surface area (Å²) in [5, 5.41) is 1.10. The average molecular weight is 320 g/mol. The van der Waals surface area contributed by atoms with Gasteiger partial charge in [-0.25, -0.2) is 9.97 Å². The standard InChI is InChI=1S/C16H18ClN3S/c1-9-5-6-14-13(7-9)19-15(8-17)20(14)11(3)16-10(2)18-12(4)21-16/h5-7,11H,8H2,1-4H3. The molecule has 3 rings (SSSR count). The Bertz CT molecular complexity index is 803. The Hall–Kier alpha value is -1.39. The molecule has 1 atom stereocenters. The highest BCUT2D eigenvalue weighted by Crippen LogP contribution is 2.32. The molecular formula is C16H18ClN3S. The number of alkyl halides is 1. The van der Waals surface area contributed by atoms with Crippen molar-refractivity contribution in [1.29, 1.82) is 0 Å². The van der Waals surface area contributed by atoms with Crippen molar-refractivity contribution in [3.63, 3.8) is 0 Å². The van der Waals surface area contributed by atoms with Gasteiger partial charge < -0.3 is 4.57 Å². The van der Waals surface area contributed by atoms with E-state index in [2.05, 4.69) is 48.5 Å². The second-order valence-corrected chi connectivity index (χ2v) is 6.88. The van der Waals surface area contributed by atoms with Crippen molar-refractivity contribution in [2.75, 3.05) is 0 Å². The lowest BCUT2D eigenvalue weighted by molar-refractivity contribution is 0.639. The van der Waals surface area contributed by atoms with Crippen LogP contribution >= 0.6 is 22.9 Å². The normalized spacial score (nSPS) is 13.0. The second kappa shape index (κ2) is 5.43. The zero-order valence-electron chi connectivity index (χ0n) is 12.6. The minimum Gasteiger partial charge on any atom is -0.319 e. The molecule has 0 spiro atoms. The van der Waals surface area contributed by atoms with Gasteiger partial charge in [0.1, 0.15) is 5.82 Å². The topological polar surface area (TPSA) is 30.7 Å². The smallest absolute Gasteiger partial charge is 0.125 e. The Morgan fingerprint density at radius 1 is 1.24 bits per heavy atom. The molecule has 0 N–H and O–H groups in total. The van der Waals surface area contributed by atoms with E-state index in [4.69, 9.17) is 16.6 Å². The van der Waals surface area contributed by atoms with Gasteiger partial charge in [-0.2, -0.15) is 0 Å². The van der Waals surface area contributed by atoms with Crippen LogP contribution in [0.1, 0.15) is 39.9 Å². The maximum Gasteiger partial charge on any atom is 0.125 e. The molecule has 2 aromatic heterocycles. The highest BCUT2D eigenvalue weighted by Gasteiger charge is 2.20. The quantitative estimate of drug-likeness (QED) is 0.651. The Kier molecular flexibility index (Phi) is 3.76. The van der Waals surface area contributed by atoms with Gasteiger partial charge in [0.25, 0.3) is 0 Å². The predicted molar refractivity (Wildman–Crippen MR) is 89.4 cm³/mol.